The van der Waals surface area contributed by atoms with Gasteiger partial charge in [0.2, 0.25) is 0 Å². The van der Waals surface area contributed by atoms with Crippen molar-refractivity contribution in [1.29, 1.82) is 0 Å². The summed E-state index contributed by atoms with van der Waals surface area (Å²) in [5, 5.41) is 27.4. The van der Waals surface area contributed by atoms with Crippen molar-refractivity contribution in [2.45, 2.75) is 0 Å². The Morgan fingerprint density at radius 3 is 2.11 bits per heavy atom. The van der Waals surface area contributed by atoms with Gasteiger partial charge in [-0.2, -0.15) is 5.11 Å². The number of carbonyl (C=O) groups excluding carboxylic acids is 1. The van der Waals surface area contributed by atoms with E-state index in [1.165, 1.54) is 31.4 Å². The second kappa shape index (κ2) is 12.6. The van der Waals surface area contributed by atoms with Crippen LogP contribution in [0.5, 0.6) is 17.2 Å². The number of phenols is 2. The van der Waals surface area contributed by atoms with E-state index in [0.29, 0.717) is 17.3 Å². The second-order valence-corrected chi connectivity index (χ2v) is 6.91. The van der Waals surface area contributed by atoms with Gasteiger partial charge in [0.15, 0.2) is 11.6 Å². The van der Waals surface area contributed by atoms with Crippen molar-refractivity contribution in [3.05, 3.63) is 96.1 Å². The minimum absolute atomic E-state index is 0. The van der Waals surface area contributed by atoms with Crippen LogP contribution < -0.4 is 16.2 Å². The van der Waals surface area contributed by atoms with Gasteiger partial charge in [-0.3, -0.25) is 4.79 Å². The van der Waals surface area contributed by atoms with Crippen molar-refractivity contribution < 1.29 is 19.7 Å². The van der Waals surface area contributed by atoms with Crippen LogP contribution in [-0.2, 0) is 0 Å². The number of hydrogen-bond acceptors (Lipinski definition) is 9. The van der Waals surface area contributed by atoms with Crippen LogP contribution in [0.25, 0.3) is 0 Å². The molecule has 0 aliphatic carbocycles. The number of carbonyl (C=O) groups is 1. The Bertz CT molecular complexity index is 1320. The number of nitrogen functional groups attached to an aromatic ring is 2. The van der Waals surface area contributed by atoms with E-state index in [9.17, 15) is 15.0 Å². The number of nitrogens with zero attached hydrogens (tertiary/aromatic N) is 3. The fourth-order valence-corrected chi connectivity index (χ4v) is 2.82. The number of hydrogen-bond donors (Lipinski definition) is 4. The molecule has 0 spiro atoms. The molecule has 0 saturated heterocycles. The summed E-state index contributed by atoms with van der Waals surface area (Å²) < 4.78 is 4.94. The molecule has 0 atom stereocenters. The molecule has 0 aliphatic rings. The lowest BCUT2D eigenvalue weighted by molar-refractivity contribution is 0.103. The summed E-state index contributed by atoms with van der Waals surface area (Å²) in [6, 6.07) is 23.3. The highest BCUT2D eigenvalue weighted by molar-refractivity contribution is 6.12. The molecule has 0 bridgehead atoms. The van der Waals surface area contributed by atoms with Gasteiger partial charge in [0, 0.05) is 6.07 Å². The lowest BCUT2D eigenvalue weighted by Gasteiger charge is -2.07. The van der Waals surface area contributed by atoms with Gasteiger partial charge in [-0.25, -0.2) is 4.98 Å². The molecule has 0 saturated carbocycles. The summed E-state index contributed by atoms with van der Waals surface area (Å²) in [4.78, 5) is 16.0. The lowest BCUT2D eigenvalue weighted by Crippen LogP contribution is -2.02. The monoisotopic (exact) mass is 493 g/mol. The Balaban J connectivity index is 0.000000241. The molecule has 0 amide bonds. The smallest absolute Gasteiger partial charge is 0.200 e. The summed E-state index contributed by atoms with van der Waals surface area (Å²) in [7, 11) is 1.47. The molecule has 0 fully saturated rings. The number of ether oxygens (including phenoxy) is 1. The van der Waals surface area contributed by atoms with Gasteiger partial charge >= 0.3 is 0 Å². The molecule has 4 aromatic rings. The topological polar surface area (TPSA) is 156 Å². The van der Waals surface area contributed by atoms with Gasteiger partial charge in [0.05, 0.1) is 23.9 Å². The number of benzene rings is 3. The Kier molecular flexibility index (Phi) is 9.56. The van der Waals surface area contributed by atoms with E-state index in [0.717, 1.165) is 5.69 Å². The number of ketones is 1. The van der Waals surface area contributed by atoms with Crippen molar-refractivity contribution in [1.82, 2.24) is 4.98 Å². The molecular formula is C25H24ClN5O4. The third-order valence-corrected chi connectivity index (χ3v) is 4.55. The third kappa shape index (κ3) is 7.18. The number of halogens is 1. The molecule has 0 unspecified atom stereocenters. The van der Waals surface area contributed by atoms with E-state index < -0.39 is 5.78 Å². The van der Waals surface area contributed by atoms with Gasteiger partial charge in [0.1, 0.15) is 28.8 Å². The summed E-state index contributed by atoms with van der Waals surface area (Å²) in [5.41, 5.74) is 12.7. The predicted octanol–water partition coefficient (Wildman–Crippen LogP) is 5.42. The minimum atomic E-state index is -0.437. The zero-order chi connectivity index (χ0) is 24.5. The Labute approximate surface area is 208 Å². The molecule has 3 aromatic carbocycles. The highest BCUT2D eigenvalue weighted by atomic mass is 35.5. The maximum Gasteiger partial charge on any atom is 0.200 e. The van der Waals surface area contributed by atoms with Crippen molar-refractivity contribution in [3.63, 3.8) is 0 Å². The number of anilines is 2. The fourth-order valence-electron chi connectivity index (χ4n) is 2.82. The molecule has 0 aliphatic heterocycles. The molecule has 4 rings (SSSR count). The van der Waals surface area contributed by atoms with Crippen molar-refractivity contribution in [2.75, 3.05) is 18.6 Å². The van der Waals surface area contributed by atoms with Crippen molar-refractivity contribution in [3.8, 4) is 17.2 Å². The maximum atomic E-state index is 12.1. The minimum Gasteiger partial charge on any atom is -0.507 e. The highest BCUT2D eigenvalue weighted by Crippen LogP contribution is 2.28. The van der Waals surface area contributed by atoms with E-state index in [-0.39, 0.29) is 40.9 Å². The molecule has 1 heterocycles. The number of azo groups is 1. The standard InChI is InChI=1S/C14H12O4.C11H11N5.ClH/c1-18-9-6-7-11(13(16)8-9)14(17)10-4-2-3-5-12(10)15;12-10-7-6-9(11(13)14-10)16-15-8-4-2-1-3-5-8;/h2-8,15-16H,1H3;1-7H,(H4,12,13,14);1H. The van der Waals surface area contributed by atoms with E-state index in [1.54, 1.807) is 30.3 Å². The SMILES string of the molecule is COc1ccc(C(=O)c2ccccc2O)c(O)c1.Cl.Nc1ccc(N=Nc2ccccc2)c(N)n1. The Morgan fingerprint density at radius 1 is 0.829 bits per heavy atom. The first-order valence-corrected chi connectivity index (χ1v) is 10.1. The highest BCUT2D eigenvalue weighted by Gasteiger charge is 2.16. The van der Waals surface area contributed by atoms with Crippen LogP contribution >= 0.6 is 12.4 Å². The zero-order valence-electron chi connectivity index (χ0n) is 18.7. The first kappa shape index (κ1) is 26.6. The maximum absolute atomic E-state index is 12.1. The largest absolute Gasteiger partial charge is 0.507 e. The number of aromatic hydroxyl groups is 2. The number of phenolic OH excluding ortho intramolecular Hbond substituents is 2. The summed E-state index contributed by atoms with van der Waals surface area (Å²) in [5.74, 6) is 0.380. The van der Waals surface area contributed by atoms with Gasteiger partial charge in [0.25, 0.3) is 0 Å². The first-order valence-electron chi connectivity index (χ1n) is 10.1. The number of methoxy groups -OCH3 is 1. The summed E-state index contributed by atoms with van der Waals surface area (Å²) >= 11 is 0. The number of para-hydroxylation sites is 1. The van der Waals surface area contributed by atoms with Crippen molar-refractivity contribution >= 4 is 41.2 Å². The summed E-state index contributed by atoms with van der Waals surface area (Å²) in [6.45, 7) is 0. The van der Waals surface area contributed by atoms with E-state index >= 15 is 0 Å². The molecule has 10 heteroatoms. The van der Waals surface area contributed by atoms with Gasteiger partial charge in [-0.05, 0) is 48.5 Å². The number of rotatable bonds is 5. The zero-order valence-corrected chi connectivity index (χ0v) is 19.5. The Hall–Kier alpha value is -4.63. The molecule has 0 radical (unpaired) electrons. The van der Waals surface area contributed by atoms with Crippen LogP contribution in [0.2, 0.25) is 0 Å². The van der Waals surface area contributed by atoms with Crippen LogP contribution in [0.4, 0.5) is 23.0 Å². The number of pyridine rings is 1. The van der Waals surface area contributed by atoms with Crippen LogP contribution in [0, 0.1) is 0 Å². The van der Waals surface area contributed by atoms with Crippen LogP contribution in [0.15, 0.2) is 95.2 Å². The quantitative estimate of drug-likeness (QED) is 0.213. The van der Waals surface area contributed by atoms with Crippen LogP contribution in [0.1, 0.15) is 15.9 Å². The third-order valence-electron chi connectivity index (χ3n) is 4.55. The average molecular weight is 494 g/mol. The second-order valence-electron chi connectivity index (χ2n) is 6.91. The van der Waals surface area contributed by atoms with E-state index in [1.807, 2.05) is 30.3 Å². The van der Waals surface area contributed by atoms with Gasteiger partial charge in [-0.1, -0.05) is 30.3 Å². The van der Waals surface area contributed by atoms with E-state index in [4.69, 9.17) is 16.2 Å². The van der Waals surface area contributed by atoms with E-state index in [2.05, 4.69) is 15.2 Å². The van der Waals surface area contributed by atoms with Crippen molar-refractivity contribution in [2.24, 2.45) is 10.2 Å². The molecule has 180 valence electrons. The van der Waals surface area contributed by atoms with Gasteiger partial charge < -0.3 is 26.4 Å². The van der Waals surface area contributed by atoms with Gasteiger partial charge in [-0.15, -0.1) is 17.5 Å². The number of nitrogens with two attached hydrogens (primary N) is 2. The predicted molar refractivity (Wildman–Crippen MR) is 137 cm³/mol. The average Bonchev–Trinajstić information content (AvgIpc) is 2.84. The Morgan fingerprint density at radius 2 is 1.49 bits per heavy atom. The molecule has 1 aromatic heterocycles. The normalized spacial score (nSPS) is 10.1. The molecule has 6 N–H and O–H groups in total. The fraction of sp³-hybridized carbons (Fsp3) is 0.0400. The number of aromatic nitrogens is 1. The summed E-state index contributed by atoms with van der Waals surface area (Å²) in [6.07, 6.45) is 0. The molecular weight excluding hydrogens is 470 g/mol. The first-order chi connectivity index (χ1) is 16.4. The molecule has 35 heavy (non-hydrogen) atoms. The van der Waals surface area contributed by atoms with Crippen LogP contribution in [0.3, 0.4) is 0 Å². The molecule has 9 nitrogen and oxygen atoms in total. The van der Waals surface area contributed by atoms with Crippen LogP contribution in [-0.4, -0.2) is 28.1 Å². The lowest BCUT2D eigenvalue weighted by atomic mass is 10.0.